The maximum Gasteiger partial charge on any atom is 0.186 e. The minimum Gasteiger partial charge on any atom is -0.292 e. The quantitative estimate of drug-likeness (QED) is 0.527. The average Bonchev–Trinajstić information content (AvgIpc) is 2.07. The van der Waals surface area contributed by atoms with Crippen molar-refractivity contribution >= 4 is 34.8 Å². The molecular weight excluding hydrogens is 175 g/mol. The average molecular weight is 179 g/mol. The Balaban J connectivity index is 3.11. The van der Waals surface area contributed by atoms with E-state index in [-0.39, 0.29) is 21.6 Å². The molecule has 0 N–H and O–H groups in total. The molecule has 0 heterocycles. The molecule has 10 heavy (non-hydrogen) atoms. The molecule has 0 aliphatic heterocycles. The summed E-state index contributed by atoms with van der Waals surface area (Å²) in [5, 5.41) is -0.252. The molecular formula is C6H4Cl2O2. The number of Topliss-reactive ketones (excluding diaryl/α,β-unsaturated/α-hetero) is 2. The fourth-order valence-electron chi connectivity index (χ4n) is 0.716. The first kappa shape index (κ1) is 7.76. The fourth-order valence-corrected chi connectivity index (χ4v) is 1.23. The number of allylic oxidation sites excluding steroid dienone is 2. The molecule has 0 unspecified atom stereocenters. The van der Waals surface area contributed by atoms with Gasteiger partial charge in [0.05, 0.1) is 5.92 Å². The Hall–Kier alpha value is -0.340. The molecule has 0 saturated carbocycles. The zero-order valence-electron chi connectivity index (χ0n) is 5.15. The normalized spacial score (nSPS) is 21.1. The van der Waals surface area contributed by atoms with E-state index >= 15 is 0 Å². The van der Waals surface area contributed by atoms with Crippen LogP contribution in [-0.2, 0) is 9.59 Å². The van der Waals surface area contributed by atoms with Crippen LogP contribution in [-0.4, -0.2) is 11.6 Å². The highest BCUT2D eigenvalue weighted by molar-refractivity contribution is 6.59. The van der Waals surface area contributed by atoms with E-state index in [2.05, 4.69) is 0 Å². The molecule has 0 amide bonds. The van der Waals surface area contributed by atoms with Crippen molar-refractivity contribution in [3.63, 3.8) is 0 Å². The summed E-state index contributed by atoms with van der Waals surface area (Å²) in [5.41, 5.74) is 0. The van der Waals surface area contributed by atoms with Crippen molar-refractivity contribution in [2.45, 2.75) is 6.92 Å². The van der Waals surface area contributed by atoms with Gasteiger partial charge in [0.2, 0.25) is 0 Å². The maximum atomic E-state index is 10.8. The third-order valence-corrected chi connectivity index (χ3v) is 2.26. The molecule has 1 aliphatic carbocycles. The Kier molecular flexibility index (Phi) is 1.84. The molecule has 54 valence electrons. The Bertz CT molecular complexity index is 218. The van der Waals surface area contributed by atoms with E-state index in [1.54, 1.807) is 0 Å². The Morgan fingerprint density at radius 1 is 1.10 bits per heavy atom. The van der Waals surface area contributed by atoms with E-state index in [9.17, 15) is 9.59 Å². The van der Waals surface area contributed by atoms with Crippen LogP contribution in [0.4, 0.5) is 0 Å². The highest BCUT2D eigenvalue weighted by Crippen LogP contribution is 2.29. The number of hydrogen-bond acceptors (Lipinski definition) is 2. The third kappa shape index (κ3) is 0.879. The Labute approximate surface area is 67.8 Å². The highest BCUT2D eigenvalue weighted by atomic mass is 35.5. The lowest BCUT2D eigenvalue weighted by Gasteiger charge is -1.93. The number of carbonyl (C=O) groups is 2. The molecule has 0 aromatic heterocycles. The second-order valence-electron chi connectivity index (χ2n) is 2.08. The molecule has 0 aromatic carbocycles. The first-order chi connectivity index (χ1) is 4.55. The summed E-state index contributed by atoms with van der Waals surface area (Å²) in [7, 11) is 0. The van der Waals surface area contributed by atoms with Gasteiger partial charge in [-0.1, -0.05) is 23.2 Å². The number of ketones is 2. The van der Waals surface area contributed by atoms with Crippen molar-refractivity contribution in [1.29, 1.82) is 0 Å². The van der Waals surface area contributed by atoms with Gasteiger partial charge in [-0.15, -0.1) is 0 Å². The van der Waals surface area contributed by atoms with Crippen LogP contribution in [0.15, 0.2) is 10.1 Å². The summed E-state index contributed by atoms with van der Waals surface area (Å²) in [6.45, 7) is 1.49. The number of hydrogen-bond donors (Lipinski definition) is 0. The predicted octanol–water partition coefficient (Wildman–Crippen LogP) is 1.46. The minimum atomic E-state index is -0.681. The molecule has 1 aliphatic rings. The molecule has 4 heteroatoms. The van der Waals surface area contributed by atoms with Crippen LogP contribution < -0.4 is 0 Å². The smallest absolute Gasteiger partial charge is 0.186 e. The third-order valence-electron chi connectivity index (χ3n) is 1.41. The van der Waals surface area contributed by atoms with Crippen LogP contribution >= 0.6 is 23.2 Å². The topological polar surface area (TPSA) is 34.1 Å². The summed E-state index contributed by atoms with van der Waals surface area (Å²) in [6, 6.07) is 0. The molecule has 1 rings (SSSR count). The van der Waals surface area contributed by atoms with E-state index in [0.29, 0.717) is 0 Å². The second-order valence-corrected chi connectivity index (χ2v) is 2.83. The van der Waals surface area contributed by atoms with E-state index in [0.717, 1.165) is 0 Å². The summed E-state index contributed by atoms with van der Waals surface area (Å²) < 4.78 is 0. The van der Waals surface area contributed by atoms with Crippen LogP contribution in [0.2, 0.25) is 0 Å². The molecule has 0 aromatic rings. The SMILES string of the molecule is CC1C(=O)C(Cl)=C(Cl)C1=O. The van der Waals surface area contributed by atoms with E-state index in [1.807, 2.05) is 0 Å². The number of rotatable bonds is 0. The van der Waals surface area contributed by atoms with Gasteiger partial charge in [-0.2, -0.15) is 0 Å². The number of carbonyl (C=O) groups excluding carboxylic acids is 2. The van der Waals surface area contributed by atoms with Gasteiger partial charge >= 0.3 is 0 Å². The van der Waals surface area contributed by atoms with Gasteiger partial charge in [0.25, 0.3) is 0 Å². The van der Waals surface area contributed by atoms with Gasteiger partial charge in [0.15, 0.2) is 11.6 Å². The lowest BCUT2D eigenvalue weighted by Crippen LogP contribution is -2.11. The largest absolute Gasteiger partial charge is 0.292 e. The van der Waals surface area contributed by atoms with Crippen molar-refractivity contribution in [1.82, 2.24) is 0 Å². The van der Waals surface area contributed by atoms with Crippen molar-refractivity contribution in [3.8, 4) is 0 Å². The van der Waals surface area contributed by atoms with Crippen LogP contribution in [0.5, 0.6) is 0 Å². The fraction of sp³-hybridized carbons (Fsp3) is 0.333. The van der Waals surface area contributed by atoms with Crippen LogP contribution in [0, 0.1) is 5.92 Å². The van der Waals surface area contributed by atoms with E-state index in [1.165, 1.54) is 6.92 Å². The predicted molar refractivity (Wildman–Crippen MR) is 37.9 cm³/mol. The Morgan fingerprint density at radius 3 is 1.50 bits per heavy atom. The summed E-state index contributed by atoms with van der Waals surface area (Å²) in [4.78, 5) is 21.7. The van der Waals surface area contributed by atoms with Gasteiger partial charge in [-0.3, -0.25) is 9.59 Å². The molecule has 0 radical (unpaired) electrons. The van der Waals surface area contributed by atoms with E-state index in [4.69, 9.17) is 23.2 Å². The molecule has 2 nitrogen and oxygen atoms in total. The molecule has 0 saturated heterocycles. The van der Waals surface area contributed by atoms with Crippen LogP contribution in [0.3, 0.4) is 0 Å². The maximum absolute atomic E-state index is 10.8. The van der Waals surface area contributed by atoms with Gasteiger partial charge in [-0.25, -0.2) is 0 Å². The standard InChI is InChI=1S/C6H4Cl2O2/c1-2-5(9)3(7)4(8)6(2)10/h2H,1H3. The molecule has 0 bridgehead atoms. The van der Waals surface area contributed by atoms with Gasteiger partial charge in [-0.05, 0) is 6.92 Å². The van der Waals surface area contributed by atoms with Crippen molar-refractivity contribution in [3.05, 3.63) is 10.1 Å². The summed E-state index contributed by atoms with van der Waals surface area (Å²) in [5.74, 6) is -1.44. The molecule has 0 fully saturated rings. The second kappa shape index (κ2) is 2.36. The first-order valence-electron chi connectivity index (χ1n) is 2.69. The number of halogens is 2. The zero-order valence-corrected chi connectivity index (χ0v) is 6.66. The lowest BCUT2D eigenvalue weighted by molar-refractivity contribution is -0.125. The van der Waals surface area contributed by atoms with E-state index < -0.39 is 5.92 Å². The first-order valence-corrected chi connectivity index (χ1v) is 3.45. The highest BCUT2D eigenvalue weighted by Gasteiger charge is 2.35. The monoisotopic (exact) mass is 178 g/mol. The Morgan fingerprint density at radius 2 is 1.40 bits per heavy atom. The van der Waals surface area contributed by atoms with Crippen LogP contribution in [0.25, 0.3) is 0 Å². The molecule has 0 spiro atoms. The summed E-state index contributed by atoms with van der Waals surface area (Å²) in [6.07, 6.45) is 0. The van der Waals surface area contributed by atoms with Gasteiger partial charge in [0, 0.05) is 0 Å². The van der Waals surface area contributed by atoms with Gasteiger partial charge < -0.3 is 0 Å². The van der Waals surface area contributed by atoms with Crippen molar-refractivity contribution < 1.29 is 9.59 Å². The zero-order chi connectivity index (χ0) is 7.89. The van der Waals surface area contributed by atoms with Crippen LogP contribution in [0.1, 0.15) is 6.92 Å². The summed E-state index contributed by atoms with van der Waals surface area (Å²) >= 11 is 10.8. The molecule has 0 atom stereocenters. The lowest BCUT2D eigenvalue weighted by atomic mass is 10.1. The van der Waals surface area contributed by atoms with Crippen molar-refractivity contribution in [2.24, 2.45) is 5.92 Å². The van der Waals surface area contributed by atoms with Gasteiger partial charge in [0.1, 0.15) is 10.1 Å². The van der Waals surface area contributed by atoms with Crippen molar-refractivity contribution in [2.75, 3.05) is 0 Å². The minimum absolute atomic E-state index is 0.126.